The number of anilines is 1. The molecule has 2 N–H and O–H groups in total. The molecule has 4 atom stereocenters. The van der Waals surface area contributed by atoms with Crippen LogP contribution in [0.5, 0.6) is 0 Å². The van der Waals surface area contributed by atoms with Crippen LogP contribution in [0.1, 0.15) is 57.9 Å². The van der Waals surface area contributed by atoms with Crippen LogP contribution in [0, 0.1) is 18.8 Å². The van der Waals surface area contributed by atoms with Crippen molar-refractivity contribution in [2.45, 2.75) is 71.1 Å². The molecular weight excluding hydrogens is 312 g/mol. The molecule has 1 saturated heterocycles. The summed E-state index contributed by atoms with van der Waals surface area (Å²) < 4.78 is 6.08. The van der Waals surface area contributed by atoms with Crippen molar-refractivity contribution in [1.29, 1.82) is 0 Å². The van der Waals surface area contributed by atoms with E-state index in [0.29, 0.717) is 5.92 Å². The number of carbonyl (C=O) groups excluding carboxylic acids is 1. The van der Waals surface area contributed by atoms with Crippen LogP contribution >= 0.6 is 0 Å². The number of esters is 1. The molecule has 1 saturated carbocycles. The molecule has 138 valence electrons. The van der Waals surface area contributed by atoms with Crippen molar-refractivity contribution >= 4 is 11.7 Å². The first-order valence-corrected chi connectivity index (χ1v) is 9.83. The largest absolute Gasteiger partial charge is 0.441 e. The summed E-state index contributed by atoms with van der Waals surface area (Å²) in [6.45, 7) is 7.22. The summed E-state index contributed by atoms with van der Waals surface area (Å²) in [5.74, 6) is 0.510. The molecule has 1 aliphatic carbocycles. The predicted octanol–water partition coefficient (Wildman–Crippen LogP) is 4.24. The Morgan fingerprint density at radius 3 is 2.80 bits per heavy atom. The van der Waals surface area contributed by atoms with Gasteiger partial charge in [0, 0.05) is 18.7 Å². The molecule has 2 unspecified atom stereocenters. The highest BCUT2D eigenvalue weighted by Gasteiger charge is 2.55. The molecule has 4 heteroatoms. The molecule has 0 spiro atoms. The summed E-state index contributed by atoms with van der Waals surface area (Å²) in [6.07, 6.45) is 6.35. The lowest BCUT2D eigenvalue weighted by Crippen LogP contribution is -2.57. The van der Waals surface area contributed by atoms with Crippen LogP contribution in [-0.2, 0) is 9.53 Å². The van der Waals surface area contributed by atoms with Crippen LogP contribution in [0.25, 0.3) is 0 Å². The summed E-state index contributed by atoms with van der Waals surface area (Å²) in [5.41, 5.74) is 1.81. The van der Waals surface area contributed by atoms with E-state index in [4.69, 9.17) is 4.74 Å². The number of nitrogens with one attached hydrogen (secondary N) is 2. The van der Waals surface area contributed by atoms with Gasteiger partial charge in [-0.3, -0.25) is 10.1 Å². The Kier molecular flexibility index (Phi) is 5.67. The van der Waals surface area contributed by atoms with E-state index in [1.54, 1.807) is 0 Å². The van der Waals surface area contributed by atoms with Gasteiger partial charge in [0.2, 0.25) is 0 Å². The molecule has 3 rings (SSSR count). The predicted molar refractivity (Wildman–Crippen MR) is 101 cm³/mol. The molecule has 0 radical (unpaired) electrons. The highest BCUT2D eigenvalue weighted by molar-refractivity contribution is 5.72. The number of aryl methyl sites for hydroxylation is 1. The lowest BCUT2D eigenvalue weighted by Gasteiger charge is -2.37. The highest BCUT2D eigenvalue weighted by Crippen LogP contribution is 2.43. The minimum atomic E-state index is -0.536. The summed E-state index contributed by atoms with van der Waals surface area (Å²) in [7, 11) is 0. The van der Waals surface area contributed by atoms with Crippen molar-refractivity contribution in [1.82, 2.24) is 5.32 Å². The van der Waals surface area contributed by atoms with Gasteiger partial charge in [-0.2, -0.15) is 0 Å². The molecule has 2 fully saturated rings. The van der Waals surface area contributed by atoms with Gasteiger partial charge in [-0.25, -0.2) is 0 Å². The van der Waals surface area contributed by atoms with Crippen molar-refractivity contribution in [2.24, 2.45) is 11.8 Å². The standard InChI is InChI=1S/C21H32N2O2/c1-4-5-6-7-16(3)20(24)25-21-13-17(14-22-21)12-19(21)23-18-10-8-15(2)9-11-18/h8-11,16-17,19,22-23H,4-7,12-14H2,1-3H3/t16?,17-,19?,21-/m0/s1. The topological polar surface area (TPSA) is 50.4 Å². The lowest BCUT2D eigenvalue weighted by atomic mass is 10.0. The molecule has 1 aromatic carbocycles. The van der Waals surface area contributed by atoms with Gasteiger partial charge in [-0.05, 0) is 37.8 Å². The first-order valence-electron chi connectivity index (χ1n) is 9.83. The number of rotatable bonds is 8. The van der Waals surface area contributed by atoms with Gasteiger partial charge in [-0.1, -0.05) is 50.8 Å². The molecule has 1 aliphatic heterocycles. The first-order chi connectivity index (χ1) is 12.0. The second-order valence-electron chi connectivity index (χ2n) is 7.96. The van der Waals surface area contributed by atoms with E-state index < -0.39 is 5.72 Å². The van der Waals surface area contributed by atoms with Crippen molar-refractivity contribution in [3.63, 3.8) is 0 Å². The van der Waals surface area contributed by atoms with E-state index >= 15 is 0 Å². The van der Waals surface area contributed by atoms with Crippen molar-refractivity contribution in [3.8, 4) is 0 Å². The van der Waals surface area contributed by atoms with E-state index in [1.165, 1.54) is 18.4 Å². The average molecular weight is 344 g/mol. The average Bonchev–Trinajstić information content (AvgIpc) is 3.14. The molecule has 2 aliphatic rings. The van der Waals surface area contributed by atoms with Crippen molar-refractivity contribution < 1.29 is 9.53 Å². The number of benzene rings is 1. The van der Waals surface area contributed by atoms with Crippen molar-refractivity contribution in [3.05, 3.63) is 29.8 Å². The SMILES string of the molecule is CCCCCC(C)C(=O)O[C@]12C[C@@H](CN1)CC2Nc1ccc(C)cc1. The van der Waals surface area contributed by atoms with Gasteiger partial charge in [0.15, 0.2) is 5.72 Å². The lowest BCUT2D eigenvalue weighted by molar-refractivity contribution is -0.167. The van der Waals surface area contributed by atoms with Crippen LogP contribution in [0.15, 0.2) is 24.3 Å². The zero-order valence-electron chi connectivity index (χ0n) is 15.8. The minimum Gasteiger partial charge on any atom is -0.441 e. The van der Waals surface area contributed by atoms with Gasteiger partial charge in [0.1, 0.15) is 0 Å². The second-order valence-corrected chi connectivity index (χ2v) is 7.96. The van der Waals surface area contributed by atoms with Gasteiger partial charge in [0.25, 0.3) is 0 Å². The number of carbonyl (C=O) groups is 1. The molecule has 4 nitrogen and oxygen atoms in total. The molecule has 2 bridgehead atoms. The summed E-state index contributed by atoms with van der Waals surface area (Å²) in [5, 5.41) is 7.10. The van der Waals surface area contributed by atoms with Crippen LogP contribution in [0.3, 0.4) is 0 Å². The van der Waals surface area contributed by atoms with Gasteiger partial charge < -0.3 is 10.1 Å². The van der Waals surface area contributed by atoms with E-state index in [2.05, 4.69) is 48.7 Å². The monoisotopic (exact) mass is 344 g/mol. The van der Waals surface area contributed by atoms with Gasteiger partial charge in [0.05, 0.1) is 12.0 Å². The molecule has 0 amide bonds. The Balaban J connectivity index is 1.63. The summed E-state index contributed by atoms with van der Waals surface area (Å²) >= 11 is 0. The van der Waals surface area contributed by atoms with Crippen LogP contribution in [0.4, 0.5) is 5.69 Å². The third-order valence-corrected chi connectivity index (χ3v) is 5.73. The molecule has 0 aromatic heterocycles. The number of fused-ring (bicyclic) bond motifs is 2. The number of ether oxygens (including phenoxy) is 1. The maximum absolute atomic E-state index is 12.6. The fraction of sp³-hybridized carbons (Fsp3) is 0.667. The van der Waals surface area contributed by atoms with E-state index in [9.17, 15) is 4.79 Å². The zero-order valence-corrected chi connectivity index (χ0v) is 15.8. The molecule has 1 heterocycles. The van der Waals surface area contributed by atoms with Gasteiger partial charge in [-0.15, -0.1) is 0 Å². The normalized spacial score (nSPS) is 28.8. The van der Waals surface area contributed by atoms with Crippen LogP contribution in [0.2, 0.25) is 0 Å². The minimum absolute atomic E-state index is 0.0256. The van der Waals surface area contributed by atoms with E-state index in [1.807, 2.05) is 6.92 Å². The second kappa shape index (κ2) is 7.77. The van der Waals surface area contributed by atoms with Crippen LogP contribution in [-0.4, -0.2) is 24.3 Å². The summed E-state index contributed by atoms with van der Waals surface area (Å²) in [4.78, 5) is 12.6. The summed E-state index contributed by atoms with van der Waals surface area (Å²) in [6, 6.07) is 8.56. The quantitative estimate of drug-likeness (QED) is 0.547. The highest BCUT2D eigenvalue weighted by atomic mass is 16.6. The maximum atomic E-state index is 12.6. The van der Waals surface area contributed by atoms with Crippen molar-refractivity contribution in [2.75, 3.05) is 11.9 Å². The molecule has 1 aromatic rings. The third kappa shape index (κ3) is 4.17. The number of piperidine rings is 1. The molecule has 25 heavy (non-hydrogen) atoms. The fourth-order valence-electron chi connectivity index (χ4n) is 4.12. The Bertz CT molecular complexity index is 586. The number of unbranched alkanes of at least 4 members (excludes halogenated alkanes) is 2. The van der Waals surface area contributed by atoms with Crippen LogP contribution < -0.4 is 10.6 Å². The molecular formula is C21H32N2O2. The maximum Gasteiger partial charge on any atom is 0.310 e. The smallest absolute Gasteiger partial charge is 0.310 e. The van der Waals surface area contributed by atoms with Gasteiger partial charge >= 0.3 is 5.97 Å². The Hall–Kier alpha value is -1.55. The Labute approximate surface area is 151 Å². The third-order valence-electron chi connectivity index (χ3n) is 5.73. The van der Waals surface area contributed by atoms with E-state index in [-0.39, 0.29) is 17.9 Å². The van der Waals surface area contributed by atoms with E-state index in [0.717, 1.165) is 37.9 Å². The Morgan fingerprint density at radius 2 is 2.12 bits per heavy atom. The number of hydrogen-bond acceptors (Lipinski definition) is 4. The fourth-order valence-corrected chi connectivity index (χ4v) is 4.12. The Morgan fingerprint density at radius 1 is 1.36 bits per heavy atom. The zero-order chi connectivity index (χ0) is 17.9. The first kappa shape index (κ1) is 18.2. The number of hydrogen-bond donors (Lipinski definition) is 2.